The van der Waals surface area contributed by atoms with Crippen LogP contribution in [0, 0.1) is 23.7 Å². The molecule has 0 aliphatic heterocycles. The fourth-order valence-electron chi connectivity index (χ4n) is 5.25. The SMILES string of the molecule is CCCC1CCC(CC2CCC(Cc3ccccc3)CC2)CC1. The van der Waals surface area contributed by atoms with Gasteiger partial charge in [0.1, 0.15) is 0 Å². The molecular weight excluding hydrogens is 276 g/mol. The molecule has 0 spiro atoms. The molecule has 128 valence electrons. The zero-order valence-corrected chi connectivity index (χ0v) is 15.2. The highest BCUT2D eigenvalue weighted by atomic mass is 14.3. The monoisotopic (exact) mass is 312 g/mol. The van der Waals surface area contributed by atoms with Crippen LogP contribution in [-0.2, 0) is 6.42 Å². The Hall–Kier alpha value is -0.780. The first-order valence-corrected chi connectivity index (χ1v) is 10.4. The average molecular weight is 313 g/mol. The van der Waals surface area contributed by atoms with E-state index < -0.39 is 0 Å². The van der Waals surface area contributed by atoms with Gasteiger partial charge in [-0.15, -0.1) is 0 Å². The van der Waals surface area contributed by atoms with Gasteiger partial charge in [-0.3, -0.25) is 0 Å². The van der Waals surface area contributed by atoms with Gasteiger partial charge in [-0.05, 0) is 54.9 Å². The van der Waals surface area contributed by atoms with Crippen LogP contribution in [0.15, 0.2) is 30.3 Å². The maximum atomic E-state index is 2.35. The quantitative estimate of drug-likeness (QED) is 0.529. The summed E-state index contributed by atoms with van der Waals surface area (Å²) in [7, 11) is 0. The van der Waals surface area contributed by atoms with E-state index in [1.54, 1.807) is 12.0 Å². The Morgan fingerprint density at radius 1 is 0.696 bits per heavy atom. The molecule has 2 aliphatic rings. The molecule has 0 bridgehead atoms. The summed E-state index contributed by atoms with van der Waals surface area (Å²) < 4.78 is 0. The molecular formula is C23H36. The van der Waals surface area contributed by atoms with Crippen LogP contribution in [0.4, 0.5) is 0 Å². The molecule has 0 heteroatoms. The molecule has 0 atom stereocenters. The van der Waals surface area contributed by atoms with Crippen molar-refractivity contribution in [3.8, 4) is 0 Å². The van der Waals surface area contributed by atoms with Crippen molar-refractivity contribution in [3.63, 3.8) is 0 Å². The molecule has 3 rings (SSSR count). The van der Waals surface area contributed by atoms with Crippen molar-refractivity contribution in [2.75, 3.05) is 0 Å². The van der Waals surface area contributed by atoms with Gasteiger partial charge in [0.15, 0.2) is 0 Å². The van der Waals surface area contributed by atoms with Crippen molar-refractivity contribution in [2.45, 2.75) is 84.0 Å². The third-order valence-corrected chi connectivity index (χ3v) is 6.66. The minimum absolute atomic E-state index is 0.953. The maximum Gasteiger partial charge on any atom is -0.0250 e. The highest BCUT2D eigenvalue weighted by Gasteiger charge is 2.26. The van der Waals surface area contributed by atoms with Crippen LogP contribution >= 0.6 is 0 Å². The zero-order valence-electron chi connectivity index (χ0n) is 15.2. The van der Waals surface area contributed by atoms with Gasteiger partial charge < -0.3 is 0 Å². The van der Waals surface area contributed by atoms with Gasteiger partial charge in [0.25, 0.3) is 0 Å². The van der Waals surface area contributed by atoms with Crippen LogP contribution in [0.25, 0.3) is 0 Å². The Morgan fingerprint density at radius 3 is 1.78 bits per heavy atom. The van der Waals surface area contributed by atoms with Crippen LogP contribution in [-0.4, -0.2) is 0 Å². The summed E-state index contributed by atoms with van der Waals surface area (Å²) in [5.74, 6) is 4.14. The Labute approximate surface area is 144 Å². The minimum atomic E-state index is 0.953. The third-order valence-electron chi connectivity index (χ3n) is 6.66. The molecule has 2 saturated carbocycles. The molecule has 0 heterocycles. The van der Waals surface area contributed by atoms with Crippen LogP contribution in [0.1, 0.15) is 83.1 Å². The van der Waals surface area contributed by atoms with E-state index in [0.29, 0.717) is 0 Å². The lowest BCUT2D eigenvalue weighted by molar-refractivity contribution is 0.187. The predicted octanol–water partition coefficient (Wildman–Crippen LogP) is 7.03. The number of hydrogen-bond donors (Lipinski definition) is 0. The summed E-state index contributed by atoms with van der Waals surface area (Å²) in [5, 5.41) is 0. The molecule has 0 unspecified atom stereocenters. The van der Waals surface area contributed by atoms with Crippen LogP contribution < -0.4 is 0 Å². The second kappa shape index (κ2) is 8.90. The van der Waals surface area contributed by atoms with Crippen LogP contribution in [0.3, 0.4) is 0 Å². The Kier molecular flexibility index (Phi) is 6.60. The molecule has 2 aliphatic carbocycles. The number of rotatable bonds is 6. The number of hydrogen-bond acceptors (Lipinski definition) is 0. The summed E-state index contributed by atoms with van der Waals surface area (Å²) >= 11 is 0. The Bertz CT molecular complexity index is 419. The summed E-state index contributed by atoms with van der Waals surface area (Å²) in [4.78, 5) is 0. The van der Waals surface area contributed by atoms with Crippen molar-refractivity contribution in [3.05, 3.63) is 35.9 Å². The first-order chi connectivity index (χ1) is 11.3. The van der Waals surface area contributed by atoms with Crippen LogP contribution in [0.5, 0.6) is 0 Å². The molecule has 23 heavy (non-hydrogen) atoms. The van der Waals surface area contributed by atoms with Gasteiger partial charge in [-0.1, -0.05) is 88.6 Å². The summed E-state index contributed by atoms with van der Waals surface area (Å²) in [5.41, 5.74) is 1.55. The van der Waals surface area contributed by atoms with E-state index in [9.17, 15) is 0 Å². The molecule has 0 N–H and O–H groups in total. The summed E-state index contributed by atoms with van der Waals surface area (Å²) in [6.07, 6.45) is 17.8. The van der Waals surface area contributed by atoms with E-state index in [4.69, 9.17) is 0 Å². The minimum Gasteiger partial charge on any atom is -0.0654 e. The highest BCUT2D eigenvalue weighted by molar-refractivity contribution is 5.15. The molecule has 2 fully saturated rings. The largest absolute Gasteiger partial charge is 0.0654 e. The lowest BCUT2D eigenvalue weighted by Crippen LogP contribution is -2.21. The maximum absolute atomic E-state index is 2.35. The van der Waals surface area contributed by atoms with Gasteiger partial charge in [0.05, 0.1) is 0 Å². The van der Waals surface area contributed by atoms with Gasteiger partial charge in [-0.25, -0.2) is 0 Å². The predicted molar refractivity (Wildman–Crippen MR) is 101 cm³/mol. The normalized spacial score (nSPS) is 31.9. The fraction of sp³-hybridized carbons (Fsp3) is 0.739. The van der Waals surface area contributed by atoms with Crippen molar-refractivity contribution in [1.29, 1.82) is 0 Å². The van der Waals surface area contributed by atoms with E-state index in [2.05, 4.69) is 37.3 Å². The molecule has 0 radical (unpaired) electrons. The first kappa shape index (κ1) is 17.1. The van der Waals surface area contributed by atoms with Gasteiger partial charge in [-0.2, -0.15) is 0 Å². The van der Waals surface area contributed by atoms with E-state index in [-0.39, 0.29) is 0 Å². The lowest BCUT2D eigenvalue weighted by Gasteiger charge is -2.34. The fourth-order valence-corrected chi connectivity index (χ4v) is 5.25. The second-order valence-electron chi connectivity index (χ2n) is 8.49. The Morgan fingerprint density at radius 2 is 1.22 bits per heavy atom. The topological polar surface area (TPSA) is 0 Å². The van der Waals surface area contributed by atoms with Crippen molar-refractivity contribution >= 4 is 0 Å². The smallest absolute Gasteiger partial charge is 0.0250 e. The van der Waals surface area contributed by atoms with Gasteiger partial charge in [0, 0.05) is 0 Å². The first-order valence-electron chi connectivity index (χ1n) is 10.4. The van der Waals surface area contributed by atoms with E-state index in [0.717, 1.165) is 23.7 Å². The van der Waals surface area contributed by atoms with Crippen LogP contribution in [0.2, 0.25) is 0 Å². The van der Waals surface area contributed by atoms with Crippen molar-refractivity contribution in [2.24, 2.45) is 23.7 Å². The molecule has 0 saturated heterocycles. The zero-order chi connectivity index (χ0) is 15.9. The van der Waals surface area contributed by atoms with Gasteiger partial charge >= 0.3 is 0 Å². The third kappa shape index (κ3) is 5.37. The Balaban J connectivity index is 1.35. The lowest BCUT2D eigenvalue weighted by atomic mass is 9.72. The molecule has 0 nitrogen and oxygen atoms in total. The molecule has 1 aromatic rings. The summed E-state index contributed by atoms with van der Waals surface area (Å²) in [6, 6.07) is 11.1. The number of benzene rings is 1. The van der Waals surface area contributed by atoms with Crippen molar-refractivity contribution < 1.29 is 0 Å². The standard InChI is InChI=1S/C23H36/c1-2-6-19-9-11-21(12-10-19)18-23-15-13-22(14-16-23)17-20-7-4-3-5-8-20/h3-5,7-8,19,21-23H,2,6,9-18H2,1H3. The average Bonchev–Trinajstić information content (AvgIpc) is 2.60. The van der Waals surface area contributed by atoms with E-state index in [1.807, 2.05) is 0 Å². The van der Waals surface area contributed by atoms with Gasteiger partial charge in [0.2, 0.25) is 0 Å². The van der Waals surface area contributed by atoms with E-state index >= 15 is 0 Å². The molecule has 0 amide bonds. The summed E-state index contributed by atoms with van der Waals surface area (Å²) in [6.45, 7) is 2.35. The molecule has 0 aromatic heterocycles. The highest BCUT2D eigenvalue weighted by Crippen LogP contribution is 2.39. The van der Waals surface area contributed by atoms with E-state index in [1.165, 1.54) is 70.6 Å². The molecule has 1 aromatic carbocycles. The second-order valence-corrected chi connectivity index (χ2v) is 8.49. The van der Waals surface area contributed by atoms with Crippen molar-refractivity contribution in [1.82, 2.24) is 0 Å².